The summed E-state index contributed by atoms with van der Waals surface area (Å²) in [4.78, 5) is 0. The largest absolute Gasteiger partial charge is 0.435 e. The normalized spacial score (nSPS) is 21.5. The van der Waals surface area contributed by atoms with Crippen LogP contribution >= 0.6 is 0 Å². The summed E-state index contributed by atoms with van der Waals surface area (Å²) >= 11 is 0. The number of unbranched alkanes of at least 4 members (excludes halogenated alkanes) is 2. The van der Waals surface area contributed by atoms with E-state index in [1.807, 2.05) is 0 Å². The Kier molecular flexibility index (Phi) is 8.23. The number of hydrogen-bond donors (Lipinski definition) is 0. The van der Waals surface area contributed by atoms with Gasteiger partial charge in [-0.25, -0.2) is 0 Å². The molecule has 0 spiro atoms. The van der Waals surface area contributed by atoms with Gasteiger partial charge in [0.25, 0.3) is 0 Å². The first kappa shape index (κ1) is 18.9. The van der Waals surface area contributed by atoms with E-state index < -0.39 is 6.61 Å². The van der Waals surface area contributed by atoms with Crippen LogP contribution in [0.4, 0.5) is 8.78 Å². The van der Waals surface area contributed by atoms with Crippen LogP contribution in [0.3, 0.4) is 0 Å². The van der Waals surface area contributed by atoms with E-state index in [2.05, 4.69) is 23.8 Å². The van der Waals surface area contributed by atoms with Crippen molar-refractivity contribution in [3.8, 4) is 5.75 Å². The average molecular weight is 338 g/mol. The number of benzene rings is 1. The minimum absolute atomic E-state index is 0.197. The number of hydrogen-bond acceptors (Lipinski definition) is 2. The molecule has 4 heteroatoms. The molecule has 1 aliphatic rings. The van der Waals surface area contributed by atoms with Crippen molar-refractivity contribution < 1.29 is 18.3 Å². The van der Waals surface area contributed by atoms with Gasteiger partial charge in [0.15, 0.2) is 0 Å². The Morgan fingerprint density at radius 3 is 2.42 bits per heavy atom. The van der Waals surface area contributed by atoms with Gasteiger partial charge in [-0.15, -0.1) is 0 Å². The molecule has 1 fully saturated rings. The molecular formula is C20H28F2O2. The third-order valence-corrected chi connectivity index (χ3v) is 4.49. The summed E-state index contributed by atoms with van der Waals surface area (Å²) in [7, 11) is 0. The van der Waals surface area contributed by atoms with E-state index in [-0.39, 0.29) is 5.75 Å². The molecule has 0 unspecified atom stereocenters. The van der Waals surface area contributed by atoms with Crippen molar-refractivity contribution in [3.05, 3.63) is 35.9 Å². The first-order valence-electron chi connectivity index (χ1n) is 9.02. The topological polar surface area (TPSA) is 18.5 Å². The molecule has 0 aliphatic heterocycles. The lowest BCUT2D eigenvalue weighted by Gasteiger charge is -2.27. The lowest BCUT2D eigenvalue weighted by Crippen LogP contribution is -2.21. The van der Waals surface area contributed by atoms with Gasteiger partial charge in [-0.2, -0.15) is 8.78 Å². The van der Waals surface area contributed by atoms with Crippen molar-refractivity contribution in [2.24, 2.45) is 5.92 Å². The Morgan fingerprint density at radius 2 is 1.79 bits per heavy atom. The van der Waals surface area contributed by atoms with Crippen molar-refractivity contribution in [1.29, 1.82) is 0 Å². The van der Waals surface area contributed by atoms with Gasteiger partial charge < -0.3 is 9.47 Å². The molecule has 0 bridgehead atoms. The minimum atomic E-state index is -2.77. The fraction of sp³-hybridized carbons (Fsp3) is 0.600. The van der Waals surface area contributed by atoms with Crippen LogP contribution in [0, 0.1) is 5.92 Å². The Hall–Kier alpha value is -1.42. The summed E-state index contributed by atoms with van der Waals surface area (Å²) in [6, 6.07) is 6.76. The molecule has 2 nitrogen and oxygen atoms in total. The van der Waals surface area contributed by atoms with E-state index in [0.29, 0.717) is 12.0 Å². The van der Waals surface area contributed by atoms with Crippen LogP contribution in [0.1, 0.15) is 57.4 Å². The average Bonchev–Trinajstić information content (AvgIpc) is 2.59. The van der Waals surface area contributed by atoms with Gasteiger partial charge in [-0.05, 0) is 55.7 Å². The molecule has 1 aromatic carbocycles. The molecule has 0 aromatic heterocycles. The molecule has 0 amide bonds. The summed E-state index contributed by atoms with van der Waals surface area (Å²) in [5.74, 6) is 0.778. The van der Waals surface area contributed by atoms with Gasteiger partial charge in [0, 0.05) is 6.61 Å². The maximum absolute atomic E-state index is 12.1. The Bertz CT molecular complexity index is 477. The van der Waals surface area contributed by atoms with Crippen molar-refractivity contribution in [1.82, 2.24) is 0 Å². The molecule has 0 N–H and O–H groups in total. The number of allylic oxidation sites excluding steroid dienone is 1. The van der Waals surface area contributed by atoms with Crippen LogP contribution in [0.5, 0.6) is 5.75 Å². The van der Waals surface area contributed by atoms with E-state index in [1.165, 1.54) is 19.3 Å². The van der Waals surface area contributed by atoms with Crippen LogP contribution in [0.15, 0.2) is 30.3 Å². The van der Waals surface area contributed by atoms with Gasteiger partial charge in [-0.1, -0.05) is 44.1 Å². The second-order valence-corrected chi connectivity index (χ2v) is 6.42. The zero-order chi connectivity index (χ0) is 17.2. The molecule has 1 aromatic rings. The second kappa shape index (κ2) is 10.4. The lowest BCUT2D eigenvalue weighted by atomic mass is 9.87. The zero-order valence-electron chi connectivity index (χ0n) is 14.4. The third-order valence-electron chi connectivity index (χ3n) is 4.49. The molecular weight excluding hydrogens is 310 g/mol. The number of ether oxygens (including phenoxy) is 2. The molecule has 0 atom stereocenters. The molecule has 134 valence electrons. The van der Waals surface area contributed by atoms with E-state index >= 15 is 0 Å². The quantitative estimate of drug-likeness (QED) is 0.509. The van der Waals surface area contributed by atoms with Crippen LogP contribution in [-0.2, 0) is 4.74 Å². The third kappa shape index (κ3) is 7.00. The zero-order valence-corrected chi connectivity index (χ0v) is 14.4. The molecule has 1 saturated carbocycles. The van der Waals surface area contributed by atoms with Crippen LogP contribution in [0.2, 0.25) is 0 Å². The predicted molar refractivity (Wildman–Crippen MR) is 93.3 cm³/mol. The highest BCUT2D eigenvalue weighted by molar-refractivity contribution is 5.50. The SMILES string of the molecule is CCCCCOC1CCC(C=Cc2ccc(OC(F)F)cc2)CC1. The number of alkyl halides is 2. The number of rotatable bonds is 9. The monoisotopic (exact) mass is 338 g/mol. The first-order chi connectivity index (χ1) is 11.7. The van der Waals surface area contributed by atoms with Crippen molar-refractivity contribution in [3.63, 3.8) is 0 Å². The number of halogens is 2. The van der Waals surface area contributed by atoms with Crippen LogP contribution in [0.25, 0.3) is 6.08 Å². The Balaban J connectivity index is 1.70. The molecule has 1 aliphatic carbocycles. The molecule has 0 saturated heterocycles. The van der Waals surface area contributed by atoms with Gasteiger partial charge in [0.05, 0.1) is 6.10 Å². The van der Waals surface area contributed by atoms with Crippen LogP contribution in [-0.4, -0.2) is 19.3 Å². The highest BCUT2D eigenvalue weighted by Crippen LogP contribution is 2.28. The van der Waals surface area contributed by atoms with E-state index in [9.17, 15) is 8.78 Å². The maximum atomic E-state index is 12.1. The molecule has 0 heterocycles. The Labute approximate surface area is 143 Å². The highest BCUT2D eigenvalue weighted by Gasteiger charge is 2.19. The first-order valence-corrected chi connectivity index (χ1v) is 9.02. The summed E-state index contributed by atoms with van der Waals surface area (Å²) < 4.78 is 34.5. The fourth-order valence-electron chi connectivity index (χ4n) is 3.06. The van der Waals surface area contributed by atoms with Gasteiger partial charge in [-0.3, -0.25) is 0 Å². The summed E-state index contributed by atoms with van der Waals surface area (Å²) in [5, 5.41) is 0. The van der Waals surface area contributed by atoms with Crippen molar-refractivity contribution in [2.75, 3.05) is 6.61 Å². The minimum Gasteiger partial charge on any atom is -0.435 e. The van der Waals surface area contributed by atoms with E-state index in [1.54, 1.807) is 24.3 Å². The summed E-state index contributed by atoms with van der Waals surface area (Å²) in [5.41, 5.74) is 1.01. The summed E-state index contributed by atoms with van der Waals surface area (Å²) in [6.07, 6.45) is 12.9. The van der Waals surface area contributed by atoms with Gasteiger partial charge in [0.1, 0.15) is 5.75 Å². The standard InChI is InChI=1S/C20H28F2O2/c1-2-3-4-15-23-18-11-7-16(8-12-18)5-6-17-9-13-19(14-10-17)24-20(21)22/h5-6,9-10,13-14,16,18,20H,2-4,7-8,11-12,15H2,1H3. The second-order valence-electron chi connectivity index (χ2n) is 6.42. The lowest BCUT2D eigenvalue weighted by molar-refractivity contribution is -0.0498. The Morgan fingerprint density at radius 1 is 1.08 bits per heavy atom. The fourth-order valence-corrected chi connectivity index (χ4v) is 3.06. The summed E-state index contributed by atoms with van der Waals surface area (Å²) in [6.45, 7) is 0.328. The van der Waals surface area contributed by atoms with Crippen molar-refractivity contribution in [2.45, 2.75) is 64.6 Å². The van der Waals surface area contributed by atoms with E-state index in [0.717, 1.165) is 37.9 Å². The molecule has 0 radical (unpaired) electrons. The molecule has 2 rings (SSSR count). The van der Waals surface area contributed by atoms with Gasteiger partial charge in [0.2, 0.25) is 0 Å². The van der Waals surface area contributed by atoms with E-state index in [4.69, 9.17) is 4.74 Å². The highest BCUT2D eigenvalue weighted by atomic mass is 19.3. The maximum Gasteiger partial charge on any atom is 0.387 e. The molecule has 24 heavy (non-hydrogen) atoms. The van der Waals surface area contributed by atoms with Gasteiger partial charge >= 0.3 is 6.61 Å². The predicted octanol–water partition coefficient (Wildman–Crippen LogP) is 6.07. The smallest absolute Gasteiger partial charge is 0.387 e. The van der Waals surface area contributed by atoms with Crippen LogP contribution < -0.4 is 4.74 Å². The van der Waals surface area contributed by atoms with Crippen molar-refractivity contribution >= 4 is 6.08 Å².